The third kappa shape index (κ3) is 5.72. The van der Waals surface area contributed by atoms with Gasteiger partial charge in [0.2, 0.25) is 0 Å². The molecule has 4 rings (SSSR count). The Bertz CT molecular complexity index is 1290. The summed E-state index contributed by atoms with van der Waals surface area (Å²) in [4.78, 5) is 24.1. The fourth-order valence-corrected chi connectivity index (χ4v) is 4.35. The molecule has 1 aromatic carbocycles. The van der Waals surface area contributed by atoms with Crippen molar-refractivity contribution in [2.24, 2.45) is 0 Å². The first kappa shape index (κ1) is 25.3. The van der Waals surface area contributed by atoms with Crippen LogP contribution in [0.4, 0.5) is 5.82 Å². The lowest BCUT2D eigenvalue weighted by Gasteiger charge is -2.24. The lowest BCUT2D eigenvalue weighted by atomic mass is 10.00. The van der Waals surface area contributed by atoms with Crippen molar-refractivity contribution in [3.63, 3.8) is 0 Å². The van der Waals surface area contributed by atoms with E-state index in [1.807, 2.05) is 61.2 Å². The number of rotatable bonds is 9. The molecule has 3 aromatic rings. The molecular formula is C28H33N5O3. The van der Waals surface area contributed by atoms with Gasteiger partial charge in [0.1, 0.15) is 11.5 Å². The van der Waals surface area contributed by atoms with Crippen LogP contribution in [0.3, 0.4) is 0 Å². The van der Waals surface area contributed by atoms with Gasteiger partial charge in [0.15, 0.2) is 0 Å². The minimum atomic E-state index is -0.585. The summed E-state index contributed by atoms with van der Waals surface area (Å²) in [6.07, 6.45) is 8.97. The van der Waals surface area contributed by atoms with Gasteiger partial charge in [-0.15, -0.1) is 0 Å². The van der Waals surface area contributed by atoms with Crippen molar-refractivity contribution in [1.29, 1.82) is 0 Å². The largest absolute Gasteiger partial charge is 0.391 e. The molecule has 36 heavy (non-hydrogen) atoms. The lowest BCUT2D eigenvalue weighted by Crippen LogP contribution is -2.43. The molecular weight excluding hydrogens is 454 g/mol. The van der Waals surface area contributed by atoms with Crippen LogP contribution in [0.5, 0.6) is 0 Å². The maximum atomic E-state index is 13.1. The van der Waals surface area contributed by atoms with Gasteiger partial charge in [-0.05, 0) is 61.6 Å². The molecule has 0 bridgehead atoms. The van der Waals surface area contributed by atoms with Crippen molar-refractivity contribution in [2.75, 3.05) is 4.90 Å². The van der Waals surface area contributed by atoms with E-state index < -0.39 is 6.10 Å². The van der Waals surface area contributed by atoms with Gasteiger partial charge >= 0.3 is 0 Å². The van der Waals surface area contributed by atoms with E-state index in [2.05, 4.69) is 15.3 Å². The maximum Gasteiger partial charge on any atom is 0.270 e. The Balaban J connectivity index is 1.63. The molecule has 2 atom stereocenters. The molecule has 1 aliphatic heterocycles. The Morgan fingerprint density at radius 1 is 1.14 bits per heavy atom. The number of hydroxylamine groups is 2. The summed E-state index contributed by atoms with van der Waals surface area (Å²) in [6.45, 7) is 5.77. The van der Waals surface area contributed by atoms with E-state index in [0.29, 0.717) is 30.7 Å². The van der Waals surface area contributed by atoms with Crippen LogP contribution in [-0.4, -0.2) is 43.4 Å². The van der Waals surface area contributed by atoms with Gasteiger partial charge in [-0.25, -0.2) is 15.0 Å². The number of nitrogens with zero attached hydrogens (tertiary/aromatic N) is 4. The predicted octanol–water partition coefficient (Wildman–Crippen LogP) is 4.73. The number of aliphatic hydroxyl groups is 1. The van der Waals surface area contributed by atoms with Crippen molar-refractivity contribution in [3.05, 3.63) is 89.8 Å². The molecule has 1 aliphatic rings. The Labute approximate surface area is 211 Å². The van der Waals surface area contributed by atoms with Gasteiger partial charge < -0.3 is 15.3 Å². The second-order valence-corrected chi connectivity index (χ2v) is 9.05. The Morgan fingerprint density at radius 2 is 1.94 bits per heavy atom. The van der Waals surface area contributed by atoms with Gasteiger partial charge in [-0.2, -0.15) is 0 Å². The van der Waals surface area contributed by atoms with Crippen molar-refractivity contribution in [2.45, 2.75) is 58.6 Å². The van der Waals surface area contributed by atoms with E-state index in [1.54, 1.807) is 31.7 Å². The van der Waals surface area contributed by atoms with Crippen molar-refractivity contribution in [3.8, 4) is 0 Å². The highest BCUT2D eigenvalue weighted by Gasteiger charge is 2.21. The summed E-state index contributed by atoms with van der Waals surface area (Å²) in [5.74, 6) is 0.440. The van der Waals surface area contributed by atoms with Crippen LogP contribution < -0.4 is 10.2 Å². The minimum absolute atomic E-state index is 0.285. The molecule has 3 heterocycles. The SMILES string of the molecule is CCC[C@H](O)[C@H](CC)NC(=O)c1cc(Cc2ccnc(N3C=CN(O)C(C)=C3)c2)c2ccccc2n1. The summed E-state index contributed by atoms with van der Waals surface area (Å²) in [6, 6.07) is 13.3. The number of hydrogen-bond donors (Lipinski definition) is 3. The first-order chi connectivity index (χ1) is 17.4. The first-order valence-corrected chi connectivity index (χ1v) is 12.3. The van der Waals surface area contributed by atoms with Crippen molar-refractivity contribution in [1.82, 2.24) is 20.3 Å². The van der Waals surface area contributed by atoms with Gasteiger partial charge in [0.05, 0.1) is 23.4 Å². The zero-order chi connectivity index (χ0) is 25.7. The fraction of sp³-hybridized carbons (Fsp3) is 0.321. The fourth-order valence-electron chi connectivity index (χ4n) is 4.35. The zero-order valence-corrected chi connectivity index (χ0v) is 20.9. The van der Waals surface area contributed by atoms with Crippen LogP contribution in [-0.2, 0) is 6.42 Å². The number of benzene rings is 1. The molecule has 2 aromatic heterocycles. The maximum absolute atomic E-state index is 13.1. The van der Waals surface area contributed by atoms with Crippen LogP contribution >= 0.6 is 0 Å². The highest BCUT2D eigenvalue weighted by molar-refractivity contribution is 5.96. The standard InChI is InChI=1S/C28H33N5O3/c1-4-8-26(34)23(5-2)31-28(35)25-17-21(22-9-6-7-10-24(22)30-25)15-20-11-12-29-27(16-20)32-13-14-33(36)19(3)18-32/h6-7,9-14,16-18,23,26,34,36H,4-5,8,15H2,1-3H3,(H,31,35)/t23-,26-/m0/s1. The molecule has 8 nitrogen and oxygen atoms in total. The van der Waals surface area contributed by atoms with E-state index in [4.69, 9.17) is 0 Å². The molecule has 188 valence electrons. The van der Waals surface area contributed by atoms with Gasteiger partial charge in [0.25, 0.3) is 5.91 Å². The molecule has 0 fully saturated rings. The number of allylic oxidation sites excluding steroid dienone is 1. The summed E-state index contributed by atoms with van der Waals surface area (Å²) in [5, 5.41) is 25.2. The molecule has 1 amide bonds. The predicted molar refractivity (Wildman–Crippen MR) is 140 cm³/mol. The number of aromatic nitrogens is 2. The van der Waals surface area contributed by atoms with Gasteiger partial charge in [0, 0.05) is 30.2 Å². The quantitative estimate of drug-likeness (QED) is 0.401. The Kier molecular flexibility index (Phi) is 7.97. The number of fused-ring (bicyclic) bond motifs is 1. The number of amides is 1. The van der Waals surface area contributed by atoms with Crippen LogP contribution in [0.2, 0.25) is 0 Å². The van der Waals surface area contributed by atoms with Crippen molar-refractivity contribution >= 4 is 22.6 Å². The summed E-state index contributed by atoms with van der Waals surface area (Å²) < 4.78 is 0. The number of carbonyl (C=O) groups excluding carboxylic acids is 1. The molecule has 3 N–H and O–H groups in total. The third-order valence-electron chi connectivity index (χ3n) is 6.36. The normalized spacial score (nSPS) is 15.1. The van der Waals surface area contributed by atoms with E-state index in [9.17, 15) is 15.1 Å². The van der Waals surface area contributed by atoms with E-state index >= 15 is 0 Å². The van der Waals surface area contributed by atoms with Crippen LogP contribution in [0.1, 0.15) is 61.6 Å². The van der Waals surface area contributed by atoms with E-state index in [-0.39, 0.29) is 11.9 Å². The van der Waals surface area contributed by atoms with Crippen molar-refractivity contribution < 1.29 is 15.1 Å². The molecule has 0 saturated heterocycles. The molecule has 0 radical (unpaired) electrons. The van der Waals surface area contributed by atoms with E-state index in [0.717, 1.165) is 39.3 Å². The van der Waals surface area contributed by atoms with Crippen LogP contribution in [0.25, 0.3) is 10.9 Å². The highest BCUT2D eigenvalue weighted by Crippen LogP contribution is 2.24. The molecule has 8 heteroatoms. The van der Waals surface area contributed by atoms with Gasteiger partial charge in [-0.3, -0.25) is 10.0 Å². The molecule has 0 aliphatic carbocycles. The molecule has 0 saturated carbocycles. The van der Waals surface area contributed by atoms with E-state index in [1.165, 1.54) is 0 Å². The zero-order valence-electron chi connectivity index (χ0n) is 20.9. The third-order valence-corrected chi connectivity index (χ3v) is 6.36. The Hall–Kier alpha value is -3.75. The highest BCUT2D eigenvalue weighted by atomic mass is 16.5. The number of aliphatic hydroxyl groups excluding tert-OH is 1. The second kappa shape index (κ2) is 11.3. The smallest absolute Gasteiger partial charge is 0.270 e. The first-order valence-electron chi connectivity index (χ1n) is 12.3. The number of pyridine rings is 2. The molecule has 0 spiro atoms. The summed E-state index contributed by atoms with van der Waals surface area (Å²) in [7, 11) is 0. The second-order valence-electron chi connectivity index (χ2n) is 9.05. The molecule has 0 unspecified atom stereocenters. The summed E-state index contributed by atoms with van der Waals surface area (Å²) in [5.41, 5.74) is 3.76. The number of hydrogen-bond acceptors (Lipinski definition) is 7. The van der Waals surface area contributed by atoms with Gasteiger partial charge in [-0.1, -0.05) is 38.5 Å². The van der Waals surface area contributed by atoms with Crippen LogP contribution in [0.15, 0.2) is 73.0 Å². The average Bonchev–Trinajstić information content (AvgIpc) is 2.89. The number of anilines is 1. The average molecular weight is 488 g/mol. The Morgan fingerprint density at radius 3 is 2.69 bits per heavy atom. The number of para-hydroxylation sites is 1. The topological polar surface area (TPSA) is 102 Å². The number of carbonyl (C=O) groups is 1. The minimum Gasteiger partial charge on any atom is -0.391 e. The van der Waals surface area contributed by atoms with Crippen LogP contribution in [0, 0.1) is 0 Å². The summed E-state index contributed by atoms with van der Waals surface area (Å²) >= 11 is 0. The monoisotopic (exact) mass is 487 g/mol. The lowest BCUT2D eigenvalue weighted by molar-refractivity contribution is -0.00552. The number of nitrogens with one attached hydrogen (secondary N) is 1.